The molecule has 112 valence electrons. The molecule has 0 aliphatic carbocycles. The van der Waals surface area contributed by atoms with Crippen molar-refractivity contribution in [2.75, 3.05) is 13.2 Å². The van der Waals surface area contributed by atoms with E-state index in [1.165, 1.54) is 12.3 Å². The van der Waals surface area contributed by atoms with E-state index in [1.54, 1.807) is 6.07 Å². The monoisotopic (exact) mass is 304 g/mol. The van der Waals surface area contributed by atoms with Gasteiger partial charge in [-0.2, -0.15) is 8.78 Å². The molecule has 0 unspecified atom stereocenters. The van der Waals surface area contributed by atoms with E-state index < -0.39 is 11.7 Å². The van der Waals surface area contributed by atoms with Crippen LogP contribution in [0.3, 0.4) is 0 Å². The molecule has 4 nitrogen and oxygen atoms in total. The highest BCUT2D eigenvalue weighted by atomic mass is 32.2. The van der Waals surface area contributed by atoms with Crippen LogP contribution in [0, 0.1) is 0 Å². The van der Waals surface area contributed by atoms with Crippen LogP contribution in [0.15, 0.2) is 23.4 Å². The van der Waals surface area contributed by atoms with Gasteiger partial charge in [-0.1, -0.05) is 0 Å². The van der Waals surface area contributed by atoms with Gasteiger partial charge in [0, 0.05) is 19.3 Å². The molecule has 0 aliphatic heterocycles. The van der Waals surface area contributed by atoms with Crippen molar-refractivity contribution in [2.45, 2.75) is 37.2 Å². The first-order valence-electron chi connectivity index (χ1n) is 6.30. The van der Waals surface area contributed by atoms with Crippen LogP contribution in [0.5, 0.6) is 0 Å². The minimum Gasteiger partial charge on any atom is -0.379 e. The fraction of sp³-hybridized carbons (Fsp3) is 0.538. The van der Waals surface area contributed by atoms with Crippen LogP contribution in [-0.4, -0.2) is 35.9 Å². The highest BCUT2D eigenvalue weighted by molar-refractivity contribution is 7.99. The van der Waals surface area contributed by atoms with Crippen molar-refractivity contribution < 1.29 is 18.3 Å². The molecule has 0 atom stereocenters. The Kier molecular flexibility index (Phi) is 7.46. The van der Waals surface area contributed by atoms with Crippen molar-refractivity contribution in [3.8, 4) is 0 Å². The summed E-state index contributed by atoms with van der Waals surface area (Å²) in [7, 11) is 0. The third-order valence-electron chi connectivity index (χ3n) is 2.27. The van der Waals surface area contributed by atoms with Crippen molar-refractivity contribution in [3.63, 3.8) is 0 Å². The van der Waals surface area contributed by atoms with E-state index in [4.69, 9.17) is 4.74 Å². The number of carbonyl (C=O) groups is 1. The number of pyridine rings is 1. The summed E-state index contributed by atoms with van der Waals surface area (Å²) in [6.45, 7) is 4.84. The first-order chi connectivity index (χ1) is 9.50. The number of rotatable bonds is 8. The number of nitrogens with zero attached hydrogens (tertiary/aromatic N) is 1. The SMILES string of the molecule is CC(C)OCCCNC(=O)c1cccnc1SC(F)F. The quantitative estimate of drug-likeness (QED) is 0.592. The molecule has 0 aromatic carbocycles. The summed E-state index contributed by atoms with van der Waals surface area (Å²) in [4.78, 5) is 15.7. The number of hydrogen-bond donors (Lipinski definition) is 1. The van der Waals surface area contributed by atoms with Crippen LogP contribution in [0.2, 0.25) is 0 Å². The van der Waals surface area contributed by atoms with E-state index in [1.807, 2.05) is 13.8 Å². The fourth-order valence-electron chi connectivity index (χ4n) is 1.43. The van der Waals surface area contributed by atoms with Gasteiger partial charge in [-0.05, 0) is 44.2 Å². The Morgan fingerprint density at radius 1 is 1.50 bits per heavy atom. The van der Waals surface area contributed by atoms with Gasteiger partial charge in [-0.25, -0.2) is 4.98 Å². The maximum absolute atomic E-state index is 12.4. The molecule has 1 aromatic heterocycles. The van der Waals surface area contributed by atoms with Gasteiger partial charge in [-0.15, -0.1) is 0 Å². The third-order valence-corrected chi connectivity index (χ3v) is 3.00. The topological polar surface area (TPSA) is 51.2 Å². The van der Waals surface area contributed by atoms with E-state index in [-0.39, 0.29) is 28.5 Å². The zero-order chi connectivity index (χ0) is 15.0. The molecule has 1 heterocycles. The molecule has 0 aliphatic rings. The molecule has 0 spiro atoms. The normalized spacial score (nSPS) is 11.1. The van der Waals surface area contributed by atoms with Crippen LogP contribution >= 0.6 is 11.8 Å². The van der Waals surface area contributed by atoms with E-state index >= 15 is 0 Å². The molecule has 0 bridgehead atoms. The van der Waals surface area contributed by atoms with Crippen molar-refractivity contribution in [1.82, 2.24) is 10.3 Å². The van der Waals surface area contributed by atoms with Gasteiger partial charge in [0.2, 0.25) is 0 Å². The largest absolute Gasteiger partial charge is 0.379 e. The second-order valence-corrected chi connectivity index (χ2v) is 5.24. The lowest BCUT2D eigenvalue weighted by atomic mass is 10.2. The Labute approximate surface area is 121 Å². The van der Waals surface area contributed by atoms with Crippen molar-refractivity contribution in [3.05, 3.63) is 23.9 Å². The molecule has 20 heavy (non-hydrogen) atoms. The predicted molar refractivity (Wildman–Crippen MR) is 74.1 cm³/mol. The number of nitrogens with one attached hydrogen (secondary N) is 1. The molecular weight excluding hydrogens is 286 g/mol. The first kappa shape index (κ1) is 16.8. The molecule has 0 saturated carbocycles. The highest BCUT2D eigenvalue weighted by Crippen LogP contribution is 2.26. The van der Waals surface area contributed by atoms with Crippen LogP contribution in [0.4, 0.5) is 8.78 Å². The average molecular weight is 304 g/mol. The van der Waals surface area contributed by atoms with E-state index in [0.717, 1.165) is 0 Å². The van der Waals surface area contributed by atoms with Crippen LogP contribution in [-0.2, 0) is 4.74 Å². The summed E-state index contributed by atoms with van der Waals surface area (Å²) in [5.74, 6) is -3.00. The van der Waals surface area contributed by atoms with Crippen molar-refractivity contribution in [2.24, 2.45) is 0 Å². The molecular formula is C13H18F2N2O2S. The van der Waals surface area contributed by atoms with Crippen LogP contribution in [0.1, 0.15) is 30.6 Å². The molecule has 1 rings (SSSR count). The number of hydrogen-bond acceptors (Lipinski definition) is 4. The van der Waals surface area contributed by atoms with Gasteiger partial charge < -0.3 is 10.1 Å². The summed E-state index contributed by atoms with van der Waals surface area (Å²) >= 11 is 0.271. The zero-order valence-electron chi connectivity index (χ0n) is 11.4. The number of halogens is 2. The summed E-state index contributed by atoms with van der Waals surface area (Å²) in [5.41, 5.74) is 0.169. The number of alkyl halides is 2. The van der Waals surface area contributed by atoms with E-state index in [2.05, 4.69) is 10.3 Å². The number of ether oxygens (including phenoxy) is 1. The number of aromatic nitrogens is 1. The van der Waals surface area contributed by atoms with Crippen LogP contribution < -0.4 is 5.32 Å². The minimum absolute atomic E-state index is 0.0402. The molecule has 0 saturated heterocycles. The Morgan fingerprint density at radius 2 is 2.25 bits per heavy atom. The second-order valence-electron chi connectivity index (χ2n) is 4.26. The number of carbonyl (C=O) groups excluding carboxylic acids is 1. The number of amides is 1. The predicted octanol–water partition coefficient (Wildman–Crippen LogP) is 2.94. The van der Waals surface area contributed by atoms with E-state index in [0.29, 0.717) is 19.6 Å². The molecule has 1 aromatic rings. The summed E-state index contributed by atoms with van der Waals surface area (Å²) < 4.78 is 30.1. The Morgan fingerprint density at radius 3 is 2.90 bits per heavy atom. The first-order valence-corrected chi connectivity index (χ1v) is 7.18. The fourth-order valence-corrected chi connectivity index (χ4v) is 2.01. The van der Waals surface area contributed by atoms with Gasteiger partial charge in [-0.3, -0.25) is 4.79 Å². The second kappa shape index (κ2) is 8.86. The maximum atomic E-state index is 12.4. The number of thioether (sulfide) groups is 1. The Balaban J connectivity index is 2.47. The molecule has 1 amide bonds. The standard InChI is InChI=1S/C13H18F2N2O2S/c1-9(2)19-8-4-7-16-11(18)10-5-3-6-17-12(10)20-13(14)15/h3,5-6,9,13H,4,7-8H2,1-2H3,(H,16,18). The lowest BCUT2D eigenvalue weighted by Crippen LogP contribution is -2.26. The van der Waals surface area contributed by atoms with Crippen molar-refractivity contribution >= 4 is 17.7 Å². The van der Waals surface area contributed by atoms with Crippen molar-refractivity contribution in [1.29, 1.82) is 0 Å². The third kappa shape index (κ3) is 6.29. The lowest BCUT2D eigenvalue weighted by Gasteiger charge is -2.10. The van der Waals surface area contributed by atoms with Gasteiger partial charge in [0.1, 0.15) is 5.03 Å². The smallest absolute Gasteiger partial charge is 0.290 e. The lowest BCUT2D eigenvalue weighted by molar-refractivity contribution is 0.0756. The molecule has 0 radical (unpaired) electrons. The Bertz CT molecular complexity index is 431. The highest BCUT2D eigenvalue weighted by Gasteiger charge is 2.16. The summed E-state index contributed by atoms with van der Waals surface area (Å²) in [6.07, 6.45) is 2.21. The molecule has 0 fully saturated rings. The Hall–Kier alpha value is -1.21. The van der Waals surface area contributed by atoms with Crippen LogP contribution in [0.25, 0.3) is 0 Å². The molecule has 1 N–H and O–H groups in total. The maximum Gasteiger partial charge on any atom is 0.290 e. The van der Waals surface area contributed by atoms with Gasteiger partial charge in [0.05, 0.1) is 11.7 Å². The zero-order valence-corrected chi connectivity index (χ0v) is 12.3. The summed E-state index contributed by atoms with van der Waals surface area (Å²) in [6, 6.07) is 3.03. The average Bonchev–Trinajstić information content (AvgIpc) is 2.37. The van der Waals surface area contributed by atoms with E-state index in [9.17, 15) is 13.6 Å². The van der Waals surface area contributed by atoms with Gasteiger partial charge in [0.25, 0.3) is 11.7 Å². The molecule has 7 heteroatoms. The minimum atomic E-state index is -2.60. The van der Waals surface area contributed by atoms with Gasteiger partial charge >= 0.3 is 0 Å². The summed E-state index contributed by atoms with van der Waals surface area (Å²) in [5, 5.41) is 2.71. The van der Waals surface area contributed by atoms with Gasteiger partial charge in [0.15, 0.2) is 0 Å².